The molecule has 0 saturated carbocycles. The van der Waals surface area contributed by atoms with Gasteiger partial charge in [0.05, 0.1) is 5.69 Å². The first-order valence-electron chi connectivity index (χ1n) is 5.44. The third kappa shape index (κ3) is 2.25. The van der Waals surface area contributed by atoms with Crippen molar-refractivity contribution in [3.63, 3.8) is 0 Å². The summed E-state index contributed by atoms with van der Waals surface area (Å²) in [6, 6.07) is 8.86. The Labute approximate surface area is 98.3 Å². The standard InChI is InChI=1S/C13H13FN2O/c1-8(2)11-10(14)12(16-13(17)15-11)9-6-4-3-5-7-9/h3-8H,1-2H3,(H,15,16,17). The Kier molecular flexibility index (Phi) is 3.04. The Balaban J connectivity index is 2.67. The van der Waals surface area contributed by atoms with E-state index in [2.05, 4.69) is 9.97 Å². The predicted octanol–water partition coefficient (Wildman–Crippen LogP) is 2.70. The van der Waals surface area contributed by atoms with Crippen molar-refractivity contribution in [2.24, 2.45) is 0 Å². The van der Waals surface area contributed by atoms with Gasteiger partial charge < -0.3 is 4.98 Å². The number of H-pyrrole nitrogens is 1. The second kappa shape index (κ2) is 4.49. The zero-order valence-electron chi connectivity index (χ0n) is 9.70. The summed E-state index contributed by atoms with van der Waals surface area (Å²) in [5.41, 5.74) is 0.494. The lowest BCUT2D eigenvalue weighted by atomic mass is 10.1. The third-order valence-electron chi connectivity index (χ3n) is 2.52. The molecular weight excluding hydrogens is 219 g/mol. The molecule has 0 unspecified atom stereocenters. The SMILES string of the molecule is CC(C)c1[nH]c(=O)nc(-c2ccccc2)c1F. The molecule has 0 bridgehead atoms. The fourth-order valence-corrected chi connectivity index (χ4v) is 1.66. The molecule has 1 heterocycles. The molecule has 88 valence electrons. The summed E-state index contributed by atoms with van der Waals surface area (Å²) in [5, 5.41) is 0. The molecule has 17 heavy (non-hydrogen) atoms. The minimum Gasteiger partial charge on any atom is -0.307 e. The van der Waals surface area contributed by atoms with E-state index >= 15 is 0 Å². The average Bonchev–Trinajstić information content (AvgIpc) is 2.32. The monoisotopic (exact) mass is 232 g/mol. The van der Waals surface area contributed by atoms with Crippen molar-refractivity contribution in [3.05, 3.63) is 52.3 Å². The number of aromatic amines is 1. The average molecular weight is 232 g/mol. The van der Waals surface area contributed by atoms with Gasteiger partial charge in [-0.3, -0.25) is 0 Å². The first-order valence-corrected chi connectivity index (χ1v) is 5.44. The minimum atomic E-state index is -0.519. The molecule has 0 fully saturated rings. The van der Waals surface area contributed by atoms with Gasteiger partial charge in [0.25, 0.3) is 0 Å². The predicted molar refractivity (Wildman–Crippen MR) is 64.3 cm³/mol. The summed E-state index contributed by atoms with van der Waals surface area (Å²) < 4.78 is 14.2. The van der Waals surface area contributed by atoms with Gasteiger partial charge in [0.2, 0.25) is 0 Å². The highest BCUT2D eigenvalue weighted by atomic mass is 19.1. The van der Waals surface area contributed by atoms with E-state index in [0.29, 0.717) is 11.3 Å². The highest BCUT2D eigenvalue weighted by Gasteiger charge is 2.15. The number of halogens is 1. The van der Waals surface area contributed by atoms with E-state index in [1.165, 1.54) is 0 Å². The molecular formula is C13H13FN2O. The molecule has 1 aromatic carbocycles. The Morgan fingerprint density at radius 1 is 1.24 bits per heavy atom. The van der Waals surface area contributed by atoms with Crippen LogP contribution in [0.3, 0.4) is 0 Å². The van der Waals surface area contributed by atoms with Crippen LogP contribution in [0.1, 0.15) is 25.5 Å². The van der Waals surface area contributed by atoms with Gasteiger partial charge in [-0.15, -0.1) is 0 Å². The molecule has 1 aromatic heterocycles. The summed E-state index contributed by atoms with van der Waals surface area (Å²) in [6.07, 6.45) is 0. The molecule has 4 heteroatoms. The summed E-state index contributed by atoms with van der Waals surface area (Å²) in [6.45, 7) is 3.65. The van der Waals surface area contributed by atoms with Gasteiger partial charge in [-0.05, 0) is 5.92 Å². The van der Waals surface area contributed by atoms with Crippen LogP contribution in [-0.4, -0.2) is 9.97 Å². The third-order valence-corrected chi connectivity index (χ3v) is 2.52. The molecule has 0 spiro atoms. The second-order valence-corrected chi connectivity index (χ2v) is 4.14. The topological polar surface area (TPSA) is 45.8 Å². The lowest BCUT2D eigenvalue weighted by Gasteiger charge is -2.09. The van der Waals surface area contributed by atoms with Gasteiger partial charge in [0, 0.05) is 5.56 Å². The van der Waals surface area contributed by atoms with E-state index in [4.69, 9.17) is 0 Å². The van der Waals surface area contributed by atoms with Crippen LogP contribution in [0.15, 0.2) is 35.1 Å². The van der Waals surface area contributed by atoms with Crippen molar-refractivity contribution in [1.29, 1.82) is 0 Å². The van der Waals surface area contributed by atoms with E-state index < -0.39 is 11.5 Å². The summed E-state index contributed by atoms with van der Waals surface area (Å²) in [5.74, 6) is -0.543. The minimum absolute atomic E-state index is 0.0897. The zero-order valence-corrected chi connectivity index (χ0v) is 9.70. The molecule has 0 saturated heterocycles. The van der Waals surface area contributed by atoms with E-state index in [9.17, 15) is 9.18 Å². The van der Waals surface area contributed by atoms with Crippen LogP contribution in [0.5, 0.6) is 0 Å². The molecule has 0 radical (unpaired) electrons. The largest absolute Gasteiger partial charge is 0.345 e. The Morgan fingerprint density at radius 2 is 1.88 bits per heavy atom. The van der Waals surface area contributed by atoms with Crippen LogP contribution in [0.2, 0.25) is 0 Å². The van der Waals surface area contributed by atoms with Crippen molar-refractivity contribution in [2.75, 3.05) is 0 Å². The molecule has 0 aliphatic rings. The molecule has 0 aliphatic carbocycles. The molecule has 0 aliphatic heterocycles. The van der Waals surface area contributed by atoms with Crippen LogP contribution < -0.4 is 5.69 Å². The van der Waals surface area contributed by atoms with E-state index in [1.807, 2.05) is 19.9 Å². The smallest absolute Gasteiger partial charge is 0.307 e. The molecule has 1 N–H and O–H groups in total. The summed E-state index contributed by atoms with van der Waals surface area (Å²) in [4.78, 5) is 17.6. The van der Waals surface area contributed by atoms with Gasteiger partial charge in [0.15, 0.2) is 5.82 Å². The number of hydrogen-bond donors (Lipinski definition) is 1. The zero-order chi connectivity index (χ0) is 12.4. The fourth-order valence-electron chi connectivity index (χ4n) is 1.66. The van der Waals surface area contributed by atoms with Crippen LogP contribution in [0.25, 0.3) is 11.3 Å². The Bertz CT molecular complexity index is 576. The second-order valence-electron chi connectivity index (χ2n) is 4.14. The van der Waals surface area contributed by atoms with Crippen molar-refractivity contribution in [1.82, 2.24) is 9.97 Å². The number of nitrogens with zero attached hydrogens (tertiary/aromatic N) is 1. The lowest BCUT2D eigenvalue weighted by Crippen LogP contribution is -2.17. The van der Waals surface area contributed by atoms with Gasteiger partial charge in [0.1, 0.15) is 5.69 Å². The molecule has 2 rings (SSSR count). The number of rotatable bonds is 2. The number of benzene rings is 1. The van der Waals surface area contributed by atoms with Crippen LogP contribution in [-0.2, 0) is 0 Å². The maximum atomic E-state index is 14.2. The summed E-state index contributed by atoms with van der Waals surface area (Å²) >= 11 is 0. The first kappa shape index (κ1) is 11.5. The number of aromatic nitrogens is 2. The van der Waals surface area contributed by atoms with E-state index in [1.54, 1.807) is 24.3 Å². The number of hydrogen-bond acceptors (Lipinski definition) is 2. The summed E-state index contributed by atoms with van der Waals surface area (Å²) in [7, 11) is 0. The normalized spacial score (nSPS) is 10.8. The van der Waals surface area contributed by atoms with Crippen molar-refractivity contribution >= 4 is 0 Å². The highest BCUT2D eigenvalue weighted by Crippen LogP contribution is 2.23. The van der Waals surface area contributed by atoms with Gasteiger partial charge >= 0.3 is 5.69 Å². The van der Waals surface area contributed by atoms with Gasteiger partial charge in [-0.25, -0.2) is 9.18 Å². The van der Waals surface area contributed by atoms with Crippen LogP contribution >= 0.6 is 0 Å². The van der Waals surface area contributed by atoms with Gasteiger partial charge in [-0.1, -0.05) is 44.2 Å². The van der Waals surface area contributed by atoms with E-state index in [0.717, 1.165) is 0 Å². The first-order chi connectivity index (χ1) is 8.09. The number of nitrogens with one attached hydrogen (secondary N) is 1. The van der Waals surface area contributed by atoms with Crippen molar-refractivity contribution < 1.29 is 4.39 Å². The van der Waals surface area contributed by atoms with Crippen LogP contribution in [0, 0.1) is 5.82 Å². The molecule has 0 atom stereocenters. The molecule has 3 nitrogen and oxygen atoms in total. The maximum absolute atomic E-state index is 14.2. The van der Waals surface area contributed by atoms with Crippen molar-refractivity contribution in [2.45, 2.75) is 19.8 Å². The van der Waals surface area contributed by atoms with Crippen molar-refractivity contribution in [3.8, 4) is 11.3 Å². The Hall–Kier alpha value is -1.97. The maximum Gasteiger partial charge on any atom is 0.345 e. The molecule has 0 amide bonds. The fraction of sp³-hybridized carbons (Fsp3) is 0.231. The quantitative estimate of drug-likeness (QED) is 0.865. The highest BCUT2D eigenvalue weighted by molar-refractivity contribution is 5.59. The molecule has 2 aromatic rings. The lowest BCUT2D eigenvalue weighted by molar-refractivity contribution is 0.577. The van der Waals surface area contributed by atoms with Crippen LogP contribution in [0.4, 0.5) is 4.39 Å². The Morgan fingerprint density at radius 3 is 2.47 bits per heavy atom. The van der Waals surface area contributed by atoms with E-state index in [-0.39, 0.29) is 11.6 Å². The van der Waals surface area contributed by atoms with Gasteiger partial charge in [-0.2, -0.15) is 4.98 Å².